The Morgan fingerprint density at radius 3 is 2.75 bits per heavy atom. The van der Waals surface area contributed by atoms with Crippen molar-refractivity contribution >= 4 is 47.4 Å². The second kappa shape index (κ2) is 13.2. The fourth-order valence-electron chi connectivity index (χ4n) is 3.24. The number of carbonyl (C=O) groups is 1. The molecule has 2 N–H and O–H groups in total. The first-order valence-corrected chi connectivity index (χ1v) is 10.1. The number of guanidine groups is 1. The normalized spacial score (nSPS) is 17.1. The van der Waals surface area contributed by atoms with Crippen LogP contribution in [0.25, 0.3) is 0 Å². The highest BCUT2D eigenvalue weighted by Crippen LogP contribution is 2.16. The molecular weight excluding hydrogens is 489 g/mol. The molecule has 1 aromatic rings. The highest BCUT2D eigenvalue weighted by Gasteiger charge is 2.22. The lowest BCUT2D eigenvalue weighted by molar-refractivity contribution is -0.127. The number of likely N-dealkylation sites (N-methyl/N-ethyl adjacent to an activating group) is 2. The molecule has 0 saturated carbocycles. The van der Waals surface area contributed by atoms with Crippen LogP contribution >= 0.6 is 35.6 Å². The van der Waals surface area contributed by atoms with Crippen molar-refractivity contribution in [1.29, 1.82) is 0 Å². The Morgan fingerprint density at radius 2 is 2.07 bits per heavy atom. The summed E-state index contributed by atoms with van der Waals surface area (Å²) in [7, 11) is 3.49. The summed E-state index contributed by atoms with van der Waals surface area (Å²) in [5.41, 5.74) is 1.10. The van der Waals surface area contributed by atoms with Crippen LogP contribution in [0, 0.1) is 0 Å². The molecule has 1 fully saturated rings. The lowest BCUT2D eigenvalue weighted by atomic mass is 10.1. The molecule has 28 heavy (non-hydrogen) atoms. The SMILES string of the molecule is CCN1CCCC1CNC(=NCC(=O)N(C)C)NCCc1ccccc1Cl.I. The van der Waals surface area contributed by atoms with Crippen LogP contribution in [0.5, 0.6) is 0 Å². The van der Waals surface area contributed by atoms with Gasteiger partial charge in [-0.1, -0.05) is 36.7 Å². The molecule has 1 amide bonds. The van der Waals surface area contributed by atoms with Crippen molar-refractivity contribution in [3.8, 4) is 0 Å². The maximum atomic E-state index is 11.9. The van der Waals surface area contributed by atoms with Crippen LogP contribution in [-0.4, -0.2) is 74.5 Å². The Bertz CT molecular complexity index is 641. The molecule has 1 aliphatic rings. The van der Waals surface area contributed by atoms with Crippen LogP contribution in [0.15, 0.2) is 29.3 Å². The zero-order valence-electron chi connectivity index (χ0n) is 17.1. The number of rotatable bonds is 8. The second-order valence-electron chi connectivity index (χ2n) is 7.03. The highest BCUT2D eigenvalue weighted by atomic mass is 127. The smallest absolute Gasteiger partial charge is 0.243 e. The van der Waals surface area contributed by atoms with Crippen molar-refractivity contribution < 1.29 is 4.79 Å². The number of hydrogen-bond donors (Lipinski definition) is 2. The molecule has 6 nitrogen and oxygen atoms in total. The molecule has 1 aliphatic heterocycles. The summed E-state index contributed by atoms with van der Waals surface area (Å²) in [6, 6.07) is 8.38. The summed E-state index contributed by atoms with van der Waals surface area (Å²) >= 11 is 6.23. The Hall–Kier alpha value is -1.06. The number of nitrogens with one attached hydrogen (secondary N) is 2. The fraction of sp³-hybridized carbons (Fsp3) is 0.600. The number of likely N-dealkylation sites (tertiary alicyclic amines) is 1. The maximum absolute atomic E-state index is 11.9. The summed E-state index contributed by atoms with van der Waals surface area (Å²) in [5.74, 6) is 0.665. The lowest BCUT2D eigenvalue weighted by Gasteiger charge is -2.24. The quantitative estimate of drug-likeness (QED) is 0.314. The predicted molar refractivity (Wildman–Crippen MR) is 128 cm³/mol. The third-order valence-corrected chi connectivity index (χ3v) is 5.29. The molecule has 1 atom stereocenters. The van der Waals surface area contributed by atoms with E-state index in [1.54, 1.807) is 19.0 Å². The lowest BCUT2D eigenvalue weighted by Crippen LogP contribution is -2.45. The van der Waals surface area contributed by atoms with Gasteiger partial charge in [-0.25, -0.2) is 4.99 Å². The Labute approximate surface area is 191 Å². The number of aliphatic imine (C=N–C) groups is 1. The van der Waals surface area contributed by atoms with Gasteiger partial charge >= 0.3 is 0 Å². The van der Waals surface area contributed by atoms with Crippen molar-refractivity contribution in [1.82, 2.24) is 20.4 Å². The predicted octanol–water partition coefficient (Wildman–Crippen LogP) is 2.61. The third kappa shape index (κ3) is 8.13. The molecular formula is C20H33ClIN5O. The minimum atomic E-state index is -0.0155. The third-order valence-electron chi connectivity index (χ3n) is 4.93. The first kappa shape index (κ1) is 25.0. The van der Waals surface area contributed by atoms with E-state index in [0.29, 0.717) is 18.5 Å². The summed E-state index contributed by atoms with van der Waals surface area (Å²) in [5, 5.41) is 7.53. The van der Waals surface area contributed by atoms with Crippen LogP contribution in [0.1, 0.15) is 25.3 Å². The van der Waals surface area contributed by atoms with Gasteiger partial charge in [0.15, 0.2) is 5.96 Å². The molecule has 2 rings (SSSR count). The summed E-state index contributed by atoms with van der Waals surface area (Å²) in [4.78, 5) is 20.4. The molecule has 0 aliphatic carbocycles. The van der Waals surface area contributed by atoms with Crippen molar-refractivity contribution in [2.75, 3.05) is 46.8 Å². The molecule has 1 saturated heterocycles. The van der Waals surface area contributed by atoms with Gasteiger partial charge in [-0.2, -0.15) is 0 Å². The van der Waals surface area contributed by atoms with Gasteiger partial charge in [0.05, 0.1) is 0 Å². The maximum Gasteiger partial charge on any atom is 0.243 e. The van der Waals surface area contributed by atoms with E-state index < -0.39 is 0 Å². The molecule has 1 unspecified atom stereocenters. The van der Waals surface area contributed by atoms with Gasteiger partial charge in [0.25, 0.3) is 0 Å². The van der Waals surface area contributed by atoms with Crippen molar-refractivity contribution in [2.24, 2.45) is 4.99 Å². The van der Waals surface area contributed by atoms with Crippen molar-refractivity contribution in [2.45, 2.75) is 32.2 Å². The average molecular weight is 522 g/mol. The largest absolute Gasteiger partial charge is 0.356 e. The molecule has 8 heteroatoms. The number of hydrogen-bond acceptors (Lipinski definition) is 3. The summed E-state index contributed by atoms with van der Waals surface area (Å²) in [6.45, 7) is 6.10. The highest BCUT2D eigenvalue weighted by molar-refractivity contribution is 14.0. The molecule has 0 bridgehead atoms. The van der Waals surface area contributed by atoms with E-state index in [1.165, 1.54) is 12.8 Å². The zero-order chi connectivity index (χ0) is 19.6. The minimum absolute atomic E-state index is 0. The second-order valence-corrected chi connectivity index (χ2v) is 7.43. The number of amides is 1. The molecule has 0 aromatic heterocycles. The van der Waals surface area contributed by atoms with E-state index in [4.69, 9.17) is 11.6 Å². The van der Waals surface area contributed by atoms with Gasteiger partial charge in [-0.15, -0.1) is 24.0 Å². The molecule has 1 aromatic carbocycles. The summed E-state index contributed by atoms with van der Waals surface area (Å²) in [6.07, 6.45) is 3.24. The van der Waals surface area contributed by atoms with Gasteiger partial charge in [0.1, 0.15) is 6.54 Å². The van der Waals surface area contributed by atoms with E-state index >= 15 is 0 Å². The van der Waals surface area contributed by atoms with E-state index in [-0.39, 0.29) is 36.4 Å². The number of nitrogens with zero attached hydrogens (tertiary/aromatic N) is 3. The number of carbonyl (C=O) groups excluding carboxylic acids is 1. The first-order chi connectivity index (χ1) is 13.0. The van der Waals surface area contributed by atoms with E-state index in [1.807, 2.05) is 24.3 Å². The molecule has 1 heterocycles. The molecule has 0 spiro atoms. The van der Waals surface area contributed by atoms with Gasteiger partial charge < -0.3 is 15.5 Å². The van der Waals surface area contributed by atoms with Gasteiger partial charge in [-0.05, 0) is 44.0 Å². The van der Waals surface area contributed by atoms with Crippen molar-refractivity contribution in [3.05, 3.63) is 34.9 Å². The summed E-state index contributed by atoms with van der Waals surface area (Å²) < 4.78 is 0. The van der Waals surface area contributed by atoms with Crippen LogP contribution < -0.4 is 10.6 Å². The average Bonchev–Trinajstić information content (AvgIpc) is 3.12. The van der Waals surface area contributed by atoms with Gasteiger partial charge in [0, 0.05) is 38.2 Å². The Morgan fingerprint density at radius 1 is 1.32 bits per heavy atom. The topological polar surface area (TPSA) is 60.0 Å². The van der Waals surface area contributed by atoms with Crippen LogP contribution in [-0.2, 0) is 11.2 Å². The Balaban J connectivity index is 0.00000392. The van der Waals surface area contributed by atoms with E-state index in [9.17, 15) is 4.79 Å². The van der Waals surface area contributed by atoms with Gasteiger partial charge in [-0.3, -0.25) is 9.69 Å². The zero-order valence-corrected chi connectivity index (χ0v) is 20.2. The van der Waals surface area contributed by atoms with Crippen LogP contribution in [0.3, 0.4) is 0 Å². The molecule has 158 valence electrons. The number of benzene rings is 1. The van der Waals surface area contributed by atoms with E-state index in [0.717, 1.165) is 36.6 Å². The van der Waals surface area contributed by atoms with Crippen LogP contribution in [0.4, 0.5) is 0 Å². The molecule has 0 radical (unpaired) electrons. The van der Waals surface area contributed by atoms with E-state index in [2.05, 4.69) is 27.4 Å². The number of halogens is 2. The van der Waals surface area contributed by atoms with Gasteiger partial charge in [0.2, 0.25) is 5.91 Å². The van der Waals surface area contributed by atoms with Crippen LogP contribution in [0.2, 0.25) is 5.02 Å². The standard InChI is InChI=1S/C20H32ClN5O.HI/c1-4-26-13-7-9-17(26)14-23-20(24-15-19(27)25(2)3)22-12-11-16-8-5-6-10-18(16)21;/h5-6,8,10,17H,4,7,9,11-15H2,1-3H3,(H2,22,23,24);1H. The first-order valence-electron chi connectivity index (χ1n) is 9.71. The fourth-order valence-corrected chi connectivity index (χ4v) is 3.47. The monoisotopic (exact) mass is 521 g/mol. The van der Waals surface area contributed by atoms with Crippen molar-refractivity contribution in [3.63, 3.8) is 0 Å². The Kier molecular flexibility index (Phi) is 11.8. The minimum Gasteiger partial charge on any atom is -0.356 e.